The van der Waals surface area contributed by atoms with E-state index in [4.69, 9.17) is 0 Å². The van der Waals surface area contributed by atoms with E-state index in [0.29, 0.717) is 12.8 Å². The second kappa shape index (κ2) is 13.4. The number of benzene rings is 2. The number of hydrogen-bond acceptors (Lipinski definition) is 7. The summed E-state index contributed by atoms with van der Waals surface area (Å²) in [6.07, 6.45) is -0.509. The van der Waals surface area contributed by atoms with Gasteiger partial charge in [0.05, 0.1) is 45.3 Å². The first-order valence-electron chi connectivity index (χ1n) is 12.7. The first kappa shape index (κ1) is 29.2. The largest absolute Gasteiger partial charge is 0.393 e. The molecule has 0 saturated heterocycles. The van der Waals surface area contributed by atoms with Crippen LogP contribution in [0.1, 0.15) is 45.6 Å². The van der Waals surface area contributed by atoms with Crippen LogP contribution in [0.2, 0.25) is 0 Å². The molecule has 1 amide bonds. The molecule has 1 aromatic heterocycles. The number of carbonyl (C=O) groups excluding carboxylic acids is 1. The standard InChI is InChI=1S/C27H37N3O5S2/c1-4-19(3)16-30(37(34,35)22-11-12-23-26(15-22)36-18-28-23)17-25(32)24(13-20-9-7-6-8-10-20)29-27(33)14-21(31)5-2/h6-12,15,18-19,21,24-25,31-32H,4-5,13-14,16-17H2,1-3H3,(H,29,33)/t19-,21+,24+,25-/m1/s1. The summed E-state index contributed by atoms with van der Waals surface area (Å²) in [5, 5.41) is 24.1. The van der Waals surface area contributed by atoms with Crippen LogP contribution in [-0.2, 0) is 21.2 Å². The second-order valence-corrected chi connectivity index (χ2v) is 12.3. The number of aliphatic hydroxyl groups is 2. The number of nitrogens with one attached hydrogen (secondary N) is 1. The summed E-state index contributed by atoms with van der Waals surface area (Å²) >= 11 is 1.37. The van der Waals surface area contributed by atoms with Crippen molar-refractivity contribution in [3.8, 4) is 0 Å². The lowest BCUT2D eigenvalue weighted by molar-refractivity contribution is -0.124. The van der Waals surface area contributed by atoms with E-state index in [9.17, 15) is 23.4 Å². The summed E-state index contributed by atoms with van der Waals surface area (Å²) in [5.41, 5.74) is 3.31. The van der Waals surface area contributed by atoms with Crippen molar-refractivity contribution in [2.45, 2.75) is 69.6 Å². The molecule has 0 fully saturated rings. The molecular weight excluding hydrogens is 510 g/mol. The van der Waals surface area contributed by atoms with Gasteiger partial charge in [0.2, 0.25) is 15.9 Å². The van der Waals surface area contributed by atoms with Gasteiger partial charge in [0.1, 0.15) is 0 Å². The third-order valence-electron chi connectivity index (χ3n) is 6.54. The molecule has 202 valence electrons. The molecular formula is C27H37N3O5S2. The van der Waals surface area contributed by atoms with Gasteiger partial charge in [-0.15, -0.1) is 11.3 Å². The molecule has 0 spiro atoms. The van der Waals surface area contributed by atoms with Crippen LogP contribution in [0.25, 0.3) is 10.2 Å². The van der Waals surface area contributed by atoms with Crippen LogP contribution >= 0.6 is 11.3 Å². The van der Waals surface area contributed by atoms with Crippen molar-refractivity contribution in [2.24, 2.45) is 5.92 Å². The minimum Gasteiger partial charge on any atom is -0.393 e. The number of thiazole rings is 1. The van der Waals surface area contributed by atoms with Crippen LogP contribution in [0.5, 0.6) is 0 Å². The molecule has 3 aromatic rings. The number of amides is 1. The van der Waals surface area contributed by atoms with Gasteiger partial charge in [-0.05, 0) is 42.5 Å². The molecule has 37 heavy (non-hydrogen) atoms. The molecule has 0 saturated carbocycles. The quantitative estimate of drug-likeness (QED) is 0.284. The van der Waals surface area contributed by atoms with E-state index < -0.39 is 28.3 Å². The van der Waals surface area contributed by atoms with Crippen molar-refractivity contribution in [1.82, 2.24) is 14.6 Å². The normalized spacial score (nSPS) is 15.4. The van der Waals surface area contributed by atoms with Crippen molar-refractivity contribution in [2.75, 3.05) is 13.1 Å². The van der Waals surface area contributed by atoms with Crippen molar-refractivity contribution in [3.05, 3.63) is 59.6 Å². The lowest BCUT2D eigenvalue weighted by atomic mass is 10.00. The summed E-state index contributed by atoms with van der Waals surface area (Å²) in [4.78, 5) is 17.0. The summed E-state index contributed by atoms with van der Waals surface area (Å²) in [5.74, 6) is -0.322. The Morgan fingerprint density at radius 3 is 2.49 bits per heavy atom. The Morgan fingerprint density at radius 1 is 1.08 bits per heavy atom. The minimum atomic E-state index is -3.93. The molecule has 0 aliphatic carbocycles. The topological polar surface area (TPSA) is 120 Å². The minimum absolute atomic E-state index is 0.0657. The highest BCUT2D eigenvalue weighted by molar-refractivity contribution is 7.89. The molecule has 0 radical (unpaired) electrons. The summed E-state index contributed by atoms with van der Waals surface area (Å²) in [7, 11) is -3.93. The van der Waals surface area contributed by atoms with E-state index in [-0.39, 0.29) is 36.2 Å². The van der Waals surface area contributed by atoms with Crippen molar-refractivity contribution in [1.29, 1.82) is 0 Å². The maximum Gasteiger partial charge on any atom is 0.243 e. The highest BCUT2D eigenvalue weighted by Crippen LogP contribution is 2.25. The molecule has 1 heterocycles. The molecule has 0 aliphatic rings. The predicted octanol–water partition coefficient (Wildman–Crippen LogP) is 3.58. The second-order valence-electron chi connectivity index (χ2n) is 9.51. The van der Waals surface area contributed by atoms with Gasteiger partial charge in [-0.25, -0.2) is 13.4 Å². The van der Waals surface area contributed by atoms with Gasteiger partial charge < -0.3 is 15.5 Å². The van der Waals surface area contributed by atoms with Gasteiger partial charge in [0.15, 0.2) is 0 Å². The maximum atomic E-state index is 13.8. The number of rotatable bonds is 14. The molecule has 2 aromatic carbocycles. The highest BCUT2D eigenvalue weighted by Gasteiger charge is 2.32. The van der Waals surface area contributed by atoms with Crippen LogP contribution in [0.3, 0.4) is 0 Å². The number of fused-ring (bicyclic) bond motifs is 1. The fourth-order valence-electron chi connectivity index (χ4n) is 4.00. The maximum absolute atomic E-state index is 13.8. The summed E-state index contributed by atoms with van der Waals surface area (Å²) in [6.45, 7) is 5.80. The first-order valence-corrected chi connectivity index (χ1v) is 15.0. The van der Waals surface area contributed by atoms with Crippen LogP contribution in [0.15, 0.2) is 58.9 Å². The first-order chi connectivity index (χ1) is 17.6. The SMILES string of the molecule is CC[C@@H](C)CN(C[C@@H](O)[C@H](Cc1ccccc1)NC(=O)C[C@@H](O)CC)S(=O)(=O)c1ccc2ncsc2c1. The van der Waals surface area contributed by atoms with Crippen LogP contribution in [0, 0.1) is 5.92 Å². The smallest absolute Gasteiger partial charge is 0.243 e. The fraction of sp³-hybridized carbons (Fsp3) is 0.481. The summed E-state index contributed by atoms with van der Waals surface area (Å²) in [6, 6.07) is 13.5. The Bertz CT molecular complexity index is 1250. The average molecular weight is 548 g/mol. The Morgan fingerprint density at radius 2 is 1.81 bits per heavy atom. The zero-order valence-electron chi connectivity index (χ0n) is 21.6. The van der Waals surface area contributed by atoms with Gasteiger partial charge in [-0.1, -0.05) is 57.5 Å². The third-order valence-corrected chi connectivity index (χ3v) is 9.16. The Hall–Kier alpha value is -2.37. The van der Waals surface area contributed by atoms with Gasteiger partial charge in [0.25, 0.3) is 0 Å². The molecule has 3 N–H and O–H groups in total. The van der Waals surface area contributed by atoms with E-state index in [1.807, 2.05) is 44.2 Å². The number of hydrogen-bond donors (Lipinski definition) is 3. The van der Waals surface area contributed by atoms with Crippen molar-refractivity contribution < 1.29 is 23.4 Å². The predicted molar refractivity (Wildman–Crippen MR) is 147 cm³/mol. The molecule has 0 unspecified atom stereocenters. The molecule has 3 rings (SSSR count). The van der Waals surface area contributed by atoms with Gasteiger partial charge in [0, 0.05) is 13.1 Å². The van der Waals surface area contributed by atoms with E-state index in [1.165, 1.54) is 15.6 Å². The Balaban J connectivity index is 1.88. The number of nitrogens with zero attached hydrogens (tertiary/aromatic N) is 2. The zero-order valence-corrected chi connectivity index (χ0v) is 23.2. The van der Waals surface area contributed by atoms with E-state index in [1.54, 1.807) is 30.6 Å². The molecule has 4 atom stereocenters. The van der Waals surface area contributed by atoms with Crippen LogP contribution in [0.4, 0.5) is 0 Å². The fourth-order valence-corrected chi connectivity index (χ4v) is 6.40. The average Bonchev–Trinajstić information content (AvgIpc) is 3.36. The van der Waals surface area contributed by atoms with Crippen LogP contribution in [-0.4, -0.2) is 65.2 Å². The van der Waals surface area contributed by atoms with Crippen molar-refractivity contribution >= 4 is 37.5 Å². The lowest BCUT2D eigenvalue weighted by Crippen LogP contribution is -2.51. The monoisotopic (exact) mass is 547 g/mol. The highest BCUT2D eigenvalue weighted by atomic mass is 32.2. The van der Waals surface area contributed by atoms with Gasteiger partial charge in [-0.2, -0.15) is 4.31 Å². The molecule has 0 bridgehead atoms. The van der Waals surface area contributed by atoms with Crippen molar-refractivity contribution in [3.63, 3.8) is 0 Å². The molecule has 8 nitrogen and oxygen atoms in total. The molecule has 10 heteroatoms. The third kappa shape index (κ3) is 8.05. The number of aliphatic hydroxyl groups excluding tert-OH is 2. The number of sulfonamides is 1. The zero-order chi connectivity index (χ0) is 27.0. The van der Waals surface area contributed by atoms with E-state index in [0.717, 1.165) is 22.2 Å². The van der Waals surface area contributed by atoms with E-state index >= 15 is 0 Å². The lowest BCUT2D eigenvalue weighted by Gasteiger charge is -2.31. The van der Waals surface area contributed by atoms with E-state index in [2.05, 4.69) is 10.3 Å². The summed E-state index contributed by atoms with van der Waals surface area (Å²) < 4.78 is 29.6. The molecule has 0 aliphatic heterocycles. The van der Waals surface area contributed by atoms with Gasteiger partial charge in [-0.3, -0.25) is 4.79 Å². The van der Waals surface area contributed by atoms with Crippen LogP contribution < -0.4 is 5.32 Å². The number of aromatic nitrogens is 1. The Kier molecular flexibility index (Phi) is 10.6. The van der Waals surface area contributed by atoms with Gasteiger partial charge >= 0.3 is 0 Å². The number of carbonyl (C=O) groups is 1. The Labute approximate surface area is 223 Å².